The van der Waals surface area contributed by atoms with Gasteiger partial charge in [-0.1, -0.05) is 28.1 Å². The molecule has 0 aliphatic carbocycles. The molecule has 1 saturated heterocycles. The van der Waals surface area contributed by atoms with Gasteiger partial charge in [-0.05, 0) is 39.2 Å². The molecule has 1 aromatic carbocycles. The van der Waals surface area contributed by atoms with Crippen LogP contribution in [0.3, 0.4) is 0 Å². The van der Waals surface area contributed by atoms with Gasteiger partial charge >= 0.3 is 7.12 Å². The summed E-state index contributed by atoms with van der Waals surface area (Å²) in [7, 11) is -0.396. The fourth-order valence-electron chi connectivity index (χ4n) is 1.76. The van der Waals surface area contributed by atoms with Gasteiger partial charge in [0.25, 0.3) is 0 Å². The van der Waals surface area contributed by atoms with Crippen LogP contribution in [0, 0.1) is 0 Å². The van der Waals surface area contributed by atoms with Gasteiger partial charge in [-0.3, -0.25) is 4.79 Å². The lowest BCUT2D eigenvalue weighted by atomic mass is 9.79. The van der Waals surface area contributed by atoms with E-state index in [9.17, 15) is 4.79 Å². The Kier molecular flexibility index (Phi) is 3.43. The zero-order valence-electron chi connectivity index (χ0n) is 11.0. The molecule has 5 heteroatoms. The molecule has 0 aromatic heterocycles. The normalized spacial score (nSPS) is 21.1. The molecular weight excluding hydrogens is 295 g/mol. The first-order chi connectivity index (χ1) is 8.27. The van der Waals surface area contributed by atoms with E-state index in [1.165, 1.54) is 0 Å². The van der Waals surface area contributed by atoms with Crippen molar-refractivity contribution in [1.29, 1.82) is 0 Å². The van der Waals surface area contributed by atoms with Crippen molar-refractivity contribution in [1.82, 2.24) is 0 Å². The smallest absolute Gasteiger partial charge is 0.399 e. The maximum absolute atomic E-state index is 10.8. The molecule has 2 rings (SSSR count). The van der Waals surface area contributed by atoms with Crippen LogP contribution in [-0.2, 0) is 9.31 Å². The minimum atomic E-state index is -0.396. The fourth-order valence-corrected chi connectivity index (χ4v) is 2.25. The first-order valence-corrected chi connectivity index (χ1v) is 6.66. The maximum atomic E-state index is 10.8. The molecule has 0 radical (unpaired) electrons. The Bertz CT molecular complexity index is 469. The Hall–Kier alpha value is -0.645. The average Bonchev–Trinajstić information content (AvgIpc) is 2.48. The Morgan fingerprint density at radius 2 is 1.72 bits per heavy atom. The highest BCUT2D eigenvalue weighted by Crippen LogP contribution is 2.36. The van der Waals surface area contributed by atoms with Gasteiger partial charge in [-0.2, -0.15) is 0 Å². The van der Waals surface area contributed by atoms with E-state index in [-0.39, 0.29) is 11.2 Å². The minimum absolute atomic E-state index is 0.354. The van der Waals surface area contributed by atoms with Crippen molar-refractivity contribution in [3.05, 3.63) is 28.2 Å². The molecule has 1 aliphatic heterocycles. The minimum Gasteiger partial charge on any atom is -0.399 e. The summed E-state index contributed by atoms with van der Waals surface area (Å²) < 4.78 is 12.6. The molecule has 1 aliphatic rings. The van der Waals surface area contributed by atoms with E-state index in [1.807, 2.05) is 39.8 Å². The van der Waals surface area contributed by atoms with Crippen LogP contribution >= 0.6 is 15.9 Å². The van der Waals surface area contributed by atoms with Crippen LogP contribution in [-0.4, -0.2) is 24.6 Å². The van der Waals surface area contributed by atoms with Crippen LogP contribution in [0.15, 0.2) is 22.7 Å². The highest BCUT2D eigenvalue weighted by atomic mass is 79.9. The van der Waals surface area contributed by atoms with Gasteiger partial charge < -0.3 is 9.31 Å². The summed E-state index contributed by atoms with van der Waals surface area (Å²) in [5.41, 5.74) is 0.822. The van der Waals surface area contributed by atoms with E-state index in [2.05, 4.69) is 15.9 Å². The highest BCUT2D eigenvalue weighted by Gasteiger charge is 2.51. The van der Waals surface area contributed by atoms with E-state index in [4.69, 9.17) is 9.31 Å². The zero-order chi connectivity index (χ0) is 13.6. The lowest BCUT2D eigenvalue weighted by Gasteiger charge is -2.32. The van der Waals surface area contributed by atoms with Crippen molar-refractivity contribution in [3.8, 4) is 0 Å². The Labute approximate surface area is 116 Å². The van der Waals surface area contributed by atoms with Crippen molar-refractivity contribution in [2.45, 2.75) is 38.9 Å². The standard InChI is InChI=1S/C13H16BBrO3/c1-12(2)13(3,4)18-14(17-12)10-6-5-9(8-16)11(15)7-10/h5-8H,1-4H3. The number of halogens is 1. The molecule has 0 bridgehead atoms. The third-order valence-corrected chi connectivity index (χ3v) is 4.36. The van der Waals surface area contributed by atoms with Gasteiger partial charge in [0.1, 0.15) is 0 Å². The number of carbonyl (C=O) groups is 1. The lowest BCUT2D eigenvalue weighted by Crippen LogP contribution is -2.41. The topological polar surface area (TPSA) is 35.5 Å². The molecular formula is C13H16BBrO3. The van der Waals surface area contributed by atoms with Crippen LogP contribution in [0.5, 0.6) is 0 Å². The first-order valence-electron chi connectivity index (χ1n) is 5.87. The second kappa shape index (κ2) is 4.47. The predicted molar refractivity (Wildman–Crippen MR) is 75.2 cm³/mol. The lowest BCUT2D eigenvalue weighted by molar-refractivity contribution is 0.00578. The Morgan fingerprint density at radius 3 is 2.17 bits per heavy atom. The third-order valence-electron chi connectivity index (χ3n) is 3.68. The molecule has 0 N–H and O–H groups in total. The summed E-state index contributed by atoms with van der Waals surface area (Å²) in [6, 6.07) is 5.49. The predicted octanol–water partition coefficient (Wildman–Crippen LogP) is 2.56. The number of rotatable bonds is 2. The molecule has 96 valence electrons. The third kappa shape index (κ3) is 2.27. The summed E-state index contributed by atoms with van der Waals surface area (Å²) in [5, 5.41) is 0. The Balaban J connectivity index is 2.30. The van der Waals surface area contributed by atoms with Gasteiger partial charge in [-0.15, -0.1) is 0 Å². The SMILES string of the molecule is CC1(C)OB(c2ccc(C=O)c(Br)c2)OC1(C)C. The molecule has 1 heterocycles. The average molecular weight is 311 g/mol. The van der Waals surface area contributed by atoms with E-state index < -0.39 is 7.12 Å². The van der Waals surface area contributed by atoms with Gasteiger partial charge in [0.05, 0.1) is 11.2 Å². The molecule has 1 aromatic rings. The molecule has 3 nitrogen and oxygen atoms in total. The van der Waals surface area contributed by atoms with E-state index in [0.29, 0.717) is 5.56 Å². The van der Waals surface area contributed by atoms with Crippen LogP contribution in [0.4, 0.5) is 0 Å². The van der Waals surface area contributed by atoms with Crippen LogP contribution < -0.4 is 5.46 Å². The second-order valence-corrected chi connectivity index (χ2v) is 6.34. The van der Waals surface area contributed by atoms with E-state index in [1.54, 1.807) is 6.07 Å². The van der Waals surface area contributed by atoms with Gasteiger partial charge in [0, 0.05) is 10.0 Å². The van der Waals surface area contributed by atoms with E-state index in [0.717, 1.165) is 16.2 Å². The van der Waals surface area contributed by atoms with Gasteiger partial charge in [0.15, 0.2) is 6.29 Å². The Morgan fingerprint density at radius 1 is 1.17 bits per heavy atom. The number of carbonyl (C=O) groups excluding carboxylic acids is 1. The van der Waals surface area contributed by atoms with Crippen molar-refractivity contribution in [3.63, 3.8) is 0 Å². The molecule has 0 spiro atoms. The summed E-state index contributed by atoms with van der Waals surface area (Å²) in [4.78, 5) is 10.8. The molecule has 0 atom stereocenters. The van der Waals surface area contributed by atoms with E-state index >= 15 is 0 Å². The summed E-state index contributed by atoms with van der Waals surface area (Å²) in [6.45, 7) is 8.06. The van der Waals surface area contributed by atoms with Gasteiger partial charge in [-0.25, -0.2) is 0 Å². The summed E-state index contributed by atoms with van der Waals surface area (Å²) in [5.74, 6) is 0. The molecule has 18 heavy (non-hydrogen) atoms. The highest BCUT2D eigenvalue weighted by molar-refractivity contribution is 9.10. The summed E-state index contributed by atoms with van der Waals surface area (Å²) in [6.07, 6.45) is 0.818. The zero-order valence-corrected chi connectivity index (χ0v) is 12.6. The van der Waals surface area contributed by atoms with Crippen LogP contribution in [0.2, 0.25) is 0 Å². The van der Waals surface area contributed by atoms with Crippen molar-refractivity contribution >= 4 is 34.8 Å². The number of aldehydes is 1. The molecule has 1 fully saturated rings. The van der Waals surface area contributed by atoms with Crippen LogP contribution in [0.1, 0.15) is 38.1 Å². The van der Waals surface area contributed by atoms with Crippen molar-refractivity contribution in [2.24, 2.45) is 0 Å². The maximum Gasteiger partial charge on any atom is 0.494 e. The molecule has 0 amide bonds. The number of benzene rings is 1. The number of hydrogen-bond donors (Lipinski definition) is 0. The second-order valence-electron chi connectivity index (χ2n) is 5.49. The van der Waals surface area contributed by atoms with Crippen LogP contribution in [0.25, 0.3) is 0 Å². The molecule has 0 unspecified atom stereocenters. The van der Waals surface area contributed by atoms with Gasteiger partial charge in [0.2, 0.25) is 0 Å². The number of hydrogen-bond acceptors (Lipinski definition) is 3. The quantitative estimate of drug-likeness (QED) is 0.622. The van der Waals surface area contributed by atoms with Crippen molar-refractivity contribution < 1.29 is 14.1 Å². The molecule has 0 saturated carbocycles. The summed E-state index contributed by atoms with van der Waals surface area (Å²) >= 11 is 3.37. The van der Waals surface area contributed by atoms with Crippen molar-refractivity contribution in [2.75, 3.05) is 0 Å². The fraction of sp³-hybridized carbons (Fsp3) is 0.462. The monoisotopic (exact) mass is 310 g/mol. The first kappa shape index (κ1) is 13.8. The largest absolute Gasteiger partial charge is 0.494 e.